The topological polar surface area (TPSA) is 80.5 Å². The number of ether oxygens (including phenoxy) is 1. The van der Waals surface area contributed by atoms with Crippen LogP contribution in [-0.2, 0) is 17.6 Å². The molecule has 1 N–H and O–H groups in total. The number of urea groups is 1. The number of aromatic nitrogens is 2. The van der Waals surface area contributed by atoms with E-state index in [4.69, 9.17) is 9.26 Å². The lowest BCUT2D eigenvalue weighted by Gasteiger charge is -2.32. The van der Waals surface area contributed by atoms with Gasteiger partial charge in [0.2, 0.25) is 5.89 Å². The Morgan fingerprint density at radius 1 is 1.43 bits per heavy atom. The summed E-state index contributed by atoms with van der Waals surface area (Å²) >= 11 is 0. The van der Waals surface area contributed by atoms with Crippen molar-refractivity contribution in [2.45, 2.75) is 45.6 Å². The zero-order chi connectivity index (χ0) is 19.9. The molecular formula is C20H27FN4O3. The van der Waals surface area contributed by atoms with Crippen molar-refractivity contribution in [2.75, 3.05) is 25.0 Å². The average Bonchev–Trinajstić information content (AvgIpc) is 3.10. The van der Waals surface area contributed by atoms with E-state index >= 15 is 0 Å². The van der Waals surface area contributed by atoms with Gasteiger partial charge in [-0.05, 0) is 30.9 Å². The van der Waals surface area contributed by atoms with Crippen LogP contribution in [0, 0.1) is 11.7 Å². The van der Waals surface area contributed by atoms with Crippen molar-refractivity contribution in [1.29, 1.82) is 0 Å². The molecule has 0 aliphatic carbocycles. The Bertz CT molecular complexity index is 780. The molecule has 1 fully saturated rings. The number of anilines is 1. The summed E-state index contributed by atoms with van der Waals surface area (Å²) in [5.41, 5.74) is 0.185. The van der Waals surface area contributed by atoms with Crippen molar-refractivity contribution in [3.05, 3.63) is 41.8 Å². The van der Waals surface area contributed by atoms with Gasteiger partial charge in [0.15, 0.2) is 5.82 Å². The third-order valence-electron chi connectivity index (χ3n) is 4.55. The summed E-state index contributed by atoms with van der Waals surface area (Å²) in [6.45, 7) is 5.77. The first-order valence-electron chi connectivity index (χ1n) is 9.74. The number of amides is 2. The van der Waals surface area contributed by atoms with Crippen molar-refractivity contribution >= 4 is 11.7 Å². The van der Waals surface area contributed by atoms with Gasteiger partial charge in [0.1, 0.15) is 5.82 Å². The summed E-state index contributed by atoms with van der Waals surface area (Å²) in [7, 11) is 0. The van der Waals surface area contributed by atoms with Crippen molar-refractivity contribution in [3.63, 3.8) is 0 Å². The summed E-state index contributed by atoms with van der Waals surface area (Å²) in [5, 5.41) is 6.60. The number of piperidine rings is 1. The van der Waals surface area contributed by atoms with Crippen LogP contribution in [0.1, 0.15) is 38.4 Å². The van der Waals surface area contributed by atoms with Gasteiger partial charge in [-0.15, -0.1) is 0 Å². The first kappa shape index (κ1) is 20.3. The molecule has 7 nitrogen and oxygen atoms in total. The zero-order valence-electron chi connectivity index (χ0n) is 16.4. The number of hydrogen-bond donors (Lipinski definition) is 1. The van der Waals surface area contributed by atoms with Gasteiger partial charge in [0, 0.05) is 25.9 Å². The van der Waals surface area contributed by atoms with Crippen LogP contribution in [-0.4, -0.2) is 46.9 Å². The number of carbonyl (C=O) groups is 1. The highest BCUT2D eigenvalue weighted by molar-refractivity contribution is 5.89. The minimum Gasteiger partial charge on any atom is -0.376 e. The molecule has 0 saturated carbocycles. The summed E-state index contributed by atoms with van der Waals surface area (Å²) in [4.78, 5) is 18.4. The van der Waals surface area contributed by atoms with Crippen LogP contribution >= 0.6 is 0 Å². The van der Waals surface area contributed by atoms with Gasteiger partial charge >= 0.3 is 6.03 Å². The van der Waals surface area contributed by atoms with E-state index in [2.05, 4.69) is 29.3 Å². The van der Waals surface area contributed by atoms with E-state index in [0.29, 0.717) is 43.8 Å². The molecule has 0 radical (unpaired) electrons. The summed E-state index contributed by atoms with van der Waals surface area (Å²) in [6, 6.07) is 5.83. The number of nitrogens with zero attached hydrogens (tertiary/aromatic N) is 3. The van der Waals surface area contributed by atoms with E-state index in [0.717, 1.165) is 19.3 Å². The lowest BCUT2D eigenvalue weighted by Crippen LogP contribution is -2.45. The van der Waals surface area contributed by atoms with Crippen LogP contribution in [0.25, 0.3) is 0 Å². The van der Waals surface area contributed by atoms with Gasteiger partial charge in [0.05, 0.1) is 18.4 Å². The first-order chi connectivity index (χ1) is 13.5. The Morgan fingerprint density at radius 3 is 3.04 bits per heavy atom. The van der Waals surface area contributed by atoms with Crippen molar-refractivity contribution in [2.24, 2.45) is 5.92 Å². The van der Waals surface area contributed by atoms with E-state index in [1.807, 2.05) is 0 Å². The Balaban J connectivity index is 1.44. The Morgan fingerprint density at radius 2 is 2.25 bits per heavy atom. The second kappa shape index (κ2) is 9.64. The molecule has 0 bridgehead atoms. The van der Waals surface area contributed by atoms with Gasteiger partial charge in [-0.3, -0.25) is 0 Å². The number of nitrogens with one attached hydrogen (secondary N) is 1. The molecule has 1 atom stereocenters. The van der Waals surface area contributed by atoms with Crippen LogP contribution in [0.3, 0.4) is 0 Å². The van der Waals surface area contributed by atoms with Gasteiger partial charge in [-0.1, -0.05) is 31.1 Å². The molecule has 1 aromatic carbocycles. The minimum absolute atomic E-state index is 0.0536. The number of para-hydroxylation sites is 1. The predicted molar refractivity (Wildman–Crippen MR) is 103 cm³/mol. The molecule has 28 heavy (non-hydrogen) atoms. The van der Waals surface area contributed by atoms with E-state index < -0.39 is 5.82 Å². The third kappa shape index (κ3) is 5.76. The third-order valence-corrected chi connectivity index (χ3v) is 4.55. The van der Waals surface area contributed by atoms with Gasteiger partial charge in [-0.2, -0.15) is 4.98 Å². The molecule has 1 aliphatic rings. The Kier molecular flexibility index (Phi) is 6.97. The molecule has 1 aliphatic heterocycles. The fourth-order valence-corrected chi connectivity index (χ4v) is 3.16. The molecule has 2 aromatic rings. The second-order valence-electron chi connectivity index (χ2n) is 7.44. The highest BCUT2D eigenvalue weighted by atomic mass is 19.1. The first-order valence-corrected chi connectivity index (χ1v) is 9.74. The second-order valence-corrected chi connectivity index (χ2v) is 7.44. The van der Waals surface area contributed by atoms with Crippen LogP contribution in [0.5, 0.6) is 0 Å². The number of rotatable bonds is 7. The summed E-state index contributed by atoms with van der Waals surface area (Å²) < 4.78 is 24.9. The standard InChI is InChI=1S/C20H27FN4O3/c1-14(2)12-19-23-18(24-28-19)9-11-27-15-6-5-10-25(13-15)20(26)22-17-8-4-3-7-16(17)21/h3-4,7-8,14-15H,5-6,9-13H2,1-2H3,(H,22,26). The molecule has 1 saturated heterocycles. The molecular weight excluding hydrogens is 363 g/mol. The average molecular weight is 390 g/mol. The molecule has 8 heteroatoms. The van der Waals surface area contributed by atoms with Crippen LogP contribution in [0.15, 0.2) is 28.8 Å². The molecule has 0 spiro atoms. The van der Waals surface area contributed by atoms with Crippen molar-refractivity contribution in [3.8, 4) is 0 Å². The van der Waals surface area contributed by atoms with E-state index in [1.54, 1.807) is 23.1 Å². The predicted octanol–water partition coefficient (Wildman–Crippen LogP) is 3.66. The maximum absolute atomic E-state index is 13.7. The molecule has 152 valence electrons. The molecule has 3 rings (SSSR count). The smallest absolute Gasteiger partial charge is 0.322 e. The quantitative estimate of drug-likeness (QED) is 0.780. The van der Waals surface area contributed by atoms with Crippen LogP contribution in [0.2, 0.25) is 0 Å². The Hall–Kier alpha value is -2.48. The maximum atomic E-state index is 13.7. The SMILES string of the molecule is CC(C)Cc1nc(CCOC2CCCN(C(=O)Nc3ccccc3F)C2)no1. The summed E-state index contributed by atoms with van der Waals surface area (Å²) in [5.74, 6) is 1.31. The number of likely N-dealkylation sites (tertiary alicyclic amines) is 1. The van der Waals surface area contributed by atoms with Gasteiger partial charge in [0.25, 0.3) is 0 Å². The minimum atomic E-state index is -0.447. The lowest BCUT2D eigenvalue weighted by atomic mass is 10.1. The van der Waals surface area contributed by atoms with Crippen molar-refractivity contribution in [1.82, 2.24) is 15.0 Å². The number of halogens is 1. The van der Waals surface area contributed by atoms with E-state index in [-0.39, 0.29) is 17.8 Å². The largest absolute Gasteiger partial charge is 0.376 e. The molecule has 1 aromatic heterocycles. The zero-order valence-corrected chi connectivity index (χ0v) is 16.4. The van der Waals surface area contributed by atoms with E-state index in [1.165, 1.54) is 6.07 Å². The van der Waals surface area contributed by atoms with Crippen LogP contribution < -0.4 is 5.32 Å². The molecule has 2 amide bonds. The number of hydrogen-bond acceptors (Lipinski definition) is 5. The number of carbonyl (C=O) groups excluding carboxylic acids is 1. The van der Waals surface area contributed by atoms with E-state index in [9.17, 15) is 9.18 Å². The highest BCUT2D eigenvalue weighted by Gasteiger charge is 2.24. The Labute approximate surface area is 164 Å². The highest BCUT2D eigenvalue weighted by Crippen LogP contribution is 2.17. The fourth-order valence-electron chi connectivity index (χ4n) is 3.16. The van der Waals surface area contributed by atoms with Gasteiger partial charge in [-0.25, -0.2) is 9.18 Å². The molecule has 2 heterocycles. The molecule has 1 unspecified atom stereocenters. The number of benzene rings is 1. The summed E-state index contributed by atoms with van der Waals surface area (Å²) in [6.07, 6.45) is 3.01. The van der Waals surface area contributed by atoms with Crippen molar-refractivity contribution < 1.29 is 18.4 Å². The van der Waals surface area contributed by atoms with Gasteiger partial charge < -0.3 is 19.5 Å². The lowest BCUT2D eigenvalue weighted by molar-refractivity contribution is 0.0120. The monoisotopic (exact) mass is 390 g/mol. The van der Waals surface area contributed by atoms with Crippen LogP contribution in [0.4, 0.5) is 14.9 Å². The fraction of sp³-hybridized carbons (Fsp3) is 0.550. The maximum Gasteiger partial charge on any atom is 0.322 e. The normalized spacial score (nSPS) is 17.1.